The summed E-state index contributed by atoms with van der Waals surface area (Å²) in [5, 5.41) is 3.24. The maximum atomic E-state index is 13.1. The molecule has 0 rings (SSSR count). The lowest BCUT2D eigenvalue weighted by Crippen LogP contribution is -2.44. The van der Waals surface area contributed by atoms with E-state index in [-0.39, 0.29) is 34.9 Å². The van der Waals surface area contributed by atoms with Gasteiger partial charge in [-0.3, -0.25) is 13.9 Å². The second kappa shape index (κ2) is 10.9. The number of hydrogen-bond donors (Lipinski definition) is 1. The Hall–Kier alpha value is -0.460. The summed E-state index contributed by atoms with van der Waals surface area (Å²) in [6, 6.07) is -0.608. The lowest BCUT2D eigenvalue weighted by atomic mass is 9.87. The van der Waals surface area contributed by atoms with Gasteiger partial charge >= 0.3 is 13.8 Å². The molecular formula is C22H46NO6P. The van der Waals surface area contributed by atoms with Crippen LogP contribution in [-0.4, -0.2) is 31.8 Å². The monoisotopic (exact) mass is 451 g/mol. The van der Waals surface area contributed by atoms with Gasteiger partial charge in [0.1, 0.15) is 6.04 Å². The predicted molar refractivity (Wildman–Crippen MR) is 121 cm³/mol. The van der Waals surface area contributed by atoms with E-state index in [1.807, 2.05) is 62.3 Å². The van der Waals surface area contributed by atoms with Crippen LogP contribution in [0.5, 0.6) is 0 Å². The molecule has 0 aliphatic carbocycles. The van der Waals surface area contributed by atoms with Crippen molar-refractivity contribution >= 4 is 13.8 Å². The van der Waals surface area contributed by atoms with Crippen molar-refractivity contribution in [2.75, 3.05) is 19.8 Å². The van der Waals surface area contributed by atoms with Gasteiger partial charge in [-0.15, -0.1) is 0 Å². The van der Waals surface area contributed by atoms with Crippen LogP contribution in [0.1, 0.15) is 89.5 Å². The third-order valence-electron chi connectivity index (χ3n) is 3.50. The van der Waals surface area contributed by atoms with E-state index in [9.17, 15) is 9.36 Å². The van der Waals surface area contributed by atoms with Crippen molar-refractivity contribution in [3.63, 3.8) is 0 Å². The maximum Gasteiger partial charge on any atom is 0.511 e. The van der Waals surface area contributed by atoms with Crippen LogP contribution in [0.25, 0.3) is 0 Å². The summed E-state index contributed by atoms with van der Waals surface area (Å²) in [7, 11) is -4.08. The van der Waals surface area contributed by atoms with Gasteiger partial charge in [0.05, 0.1) is 13.2 Å². The highest BCUT2D eigenvalue weighted by Crippen LogP contribution is 2.51. The summed E-state index contributed by atoms with van der Waals surface area (Å²) in [5.41, 5.74) is -0.670. The fraction of sp³-hybridized carbons (Fsp3) is 0.955. The Morgan fingerprint density at radius 3 is 1.53 bits per heavy atom. The second-order valence-corrected chi connectivity index (χ2v) is 14.4. The topological polar surface area (TPSA) is 83.1 Å². The second-order valence-electron chi connectivity index (χ2n) is 12.9. The van der Waals surface area contributed by atoms with Crippen LogP contribution >= 0.6 is 7.82 Å². The van der Waals surface area contributed by atoms with Crippen LogP contribution in [0.2, 0.25) is 0 Å². The molecule has 8 heteroatoms. The molecule has 180 valence electrons. The van der Waals surface area contributed by atoms with E-state index in [1.165, 1.54) is 0 Å². The number of carbonyl (C=O) groups is 1. The van der Waals surface area contributed by atoms with Crippen molar-refractivity contribution in [2.24, 2.45) is 21.7 Å². The van der Waals surface area contributed by atoms with Crippen LogP contribution in [0.15, 0.2) is 0 Å². The number of carbonyl (C=O) groups excluding carboxylic acids is 1. The zero-order valence-electron chi connectivity index (χ0n) is 21.3. The maximum absolute atomic E-state index is 13.1. The first kappa shape index (κ1) is 29.5. The number of rotatable bonds is 10. The van der Waals surface area contributed by atoms with Gasteiger partial charge in [-0.05, 0) is 28.1 Å². The minimum atomic E-state index is -4.08. The highest BCUT2D eigenvalue weighted by Gasteiger charge is 2.36. The van der Waals surface area contributed by atoms with Crippen molar-refractivity contribution in [1.29, 1.82) is 0 Å². The van der Waals surface area contributed by atoms with E-state index >= 15 is 0 Å². The molecule has 0 fully saturated rings. The Balaban J connectivity index is 5.26. The molecule has 0 saturated heterocycles. The predicted octanol–water partition coefficient (Wildman–Crippen LogP) is 6.14. The smallest absolute Gasteiger partial charge is 0.304 e. The van der Waals surface area contributed by atoms with Gasteiger partial charge in [-0.1, -0.05) is 87.8 Å². The van der Waals surface area contributed by atoms with E-state index in [0.29, 0.717) is 13.0 Å². The van der Waals surface area contributed by atoms with Gasteiger partial charge < -0.3 is 5.32 Å². The molecule has 0 heterocycles. The summed E-state index contributed by atoms with van der Waals surface area (Å²) < 4.78 is 29.0. The van der Waals surface area contributed by atoms with Gasteiger partial charge in [0.2, 0.25) is 0 Å². The van der Waals surface area contributed by atoms with Gasteiger partial charge in [0, 0.05) is 6.54 Å². The molecule has 1 atom stereocenters. The Kier molecular flexibility index (Phi) is 10.7. The molecule has 30 heavy (non-hydrogen) atoms. The summed E-state index contributed by atoms with van der Waals surface area (Å²) >= 11 is 0. The van der Waals surface area contributed by atoms with Crippen LogP contribution < -0.4 is 5.32 Å². The highest BCUT2D eigenvalue weighted by molar-refractivity contribution is 7.48. The molecule has 0 radical (unpaired) electrons. The lowest BCUT2D eigenvalue weighted by molar-refractivity contribution is -0.229. The molecule has 1 N–H and O–H groups in total. The third kappa shape index (κ3) is 16.3. The average molecular weight is 452 g/mol. The molecule has 0 aromatic rings. The number of phosphoric ester groups is 1. The molecule has 1 unspecified atom stereocenters. The largest absolute Gasteiger partial charge is 0.511 e. The SMILES string of the molecule is CC(C)(C)CNC(CC(C)(C)C)C(=O)OOP(=O)(OCC(C)(C)C)OCC(C)(C)C. The Morgan fingerprint density at radius 2 is 1.20 bits per heavy atom. The molecule has 0 aromatic carbocycles. The van der Waals surface area contributed by atoms with Crippen LogP contribution in [0.3, 0.4) is 0 Å². The Labute approximate surface area is 184 Å². The molecule has 0 aliphatic rings. The standard InChI is InChI=1S/C22H46NO6P/c1-19(2,3)13-17(23-14-20(4,5)6)18(24)28-29-30(25,26-15-21(7,8)9)27-16-22(10,11)12/h17,23H,13-16H2,1-12H3. The highest BCUT2D eigenvalue weighted by atomic mass is 31.2. The third-order valence-corrected chi connectivity index (χ3v) is 4.65. The lowest BCUT2D eigenvalue weighted by Gasteiger charge is -2.29. The number of phosphoric acid groups is 1. The van der Waals surface area contributed by atoms with Gasteiger partial charge in [-0.25, -0.2) is 9.36 Å². The van der Waals surface area contributed by atoms with Crippen LogP contribution in [0, 0.1) is 21.7 Å². The molecule has 0 amide bonds. The summed E-state index contributed by atoms with van der Waals surface area (Å²) in [5.74, 6) is -0.645. The van der Waals surface area contributed by atoms with Crippen LogP contribution in [0.4, 0.5) is 0 Å². The van der Waals surface area contributed by atoms with E-state index < -0.39 is 19.8 Å². The van der Waals surface area contributed by atoms with Gasteiger partial charge in [0.25, 0.3) is 0 Å². The fourth-order valence-electron chi connectivity index (χ4n) is 2.05. The van der Waals surface area contributed by atoms with Crippen molar-refractivity contribution in [3.8, 4) is 0 Å². The average Bonchev–Trinajstić information content (AvgIpc) is 2.50. The van der Waals surface area contributed by atoms with E-state index in [4.69, 9.17) is 18.6 Å². The van der Waals surface area contributed by atoms with E-state index in [2.05, 4.69) is 26.1 Å². The first-order valence-corrected chi connectivity index (χ1v) is 12.1. The van der Waals surface area contributed by atoms with Crippen molar-refractivity contribution in [3.05, 3.63) is 0 Å². The molecule has 0 bridgehead atoms. The molecule has 0 spiro atoms. The normalized spacial score (nSPS) is 15.2. The fourth-order valence-corrected chi connectivity index (χ4v) is 3.46. The molecule has 0 aromatic heterocycles. The molecule has 0 aliphatic heterocycles. The minimum absolute atomic E-state index is 0.0157. The van der Waals surface area contributed by atoms with Crippen molar-refractivity contribution in [2.45, 2.75) is 95.5 Å². The van der Waals surface area contributed by atoms with E-state index in [1.54, 1.807) is 0 Å². The summed E-state index contributed by atoms with van der Waals surface area (Å²) in [4.78, 5) is 17.7. The number of nitrogens with one attached hydrogen (secondary N) is 1. The first-order chi connectivity index (χ1) is 13.1. The Morgan fingerprint density at radius 1 is 0.767 bits per heavy atom. The van der Waals surface area contributed by atoms with Crippen LogP contribution in [-0.2, 0) is 28.0 Å². The van der Waals surface area contributed by atoms with Crippen molar-refractivity contribution < 1.29 is 28.0 Å². The summed E-state index contributed by atoms with van der Waals surface area (Å²) in [6.07, 6.45) is 0.529. The van der Waals surface area contributed by atoms with Crippen molar-refractivity contribution in [1.82, 2.24) is 5.32 Å². The minimum Gasteiger partial charge on any atom is -0.304 e. The van der Waals surface area contributed by atoms with E-state index in [0.717, 1.165) is 0 Å². The molecule has 7 nitrogen and oxygen atoms in total. The molecule has 0 saturated carbocycles. The number of hydrogen-bond acceptors (Lipinski definition) is 7. The zero-order valence-corrected chi connectivity index (χ0v) is 22.2. The first-order valence-electron chi connectivity index (χ1n) is 10.6. The Bertz CT molecular complexity index is 556. The quantitative estimate of drug-likeness (QED) is 0.243. The zero-order chi connectivity index (χ0) is 24.0. The molecular weight excluding hydrogens is 405 g/mol. The summed E-state index contributed by atoms with van der Waals surface area (Å²) in [6.45, 7) is 24.8. The van der Waals surface area contributed by atoms with Gasteiger partial charge in [-0.2, -0.15) is 0 Å². The van der Waals surface area contributed by atoms with Gasteiger partial charge in [0.15, 0.2) is 0 Å².